The molecule has 0 saturated carbocycles. The summed E-state index contributed by atoms with van der Waals surface area (Å²) in [6.45, 7) is 3.49. The van der Waals surface area contributed by atoms with Crippen molar-refractivity contribution in [3.8, 4) is 0 Å². The predicted molar refractivity (Wildman–Crippen MR) is 94.0 cm³/mol. The minimum absolute atomic E-state index is 0.00190. The summed E-state index contributed by atoms with van der Waals surface area (Å²) < 4.78 is 0. The number of carbonyl (C=O) groups is 1. The number of rotatable bonds is 3. The van der Waals surface area contributed by atoms with E-state index in [0.717, 1.165) is 37.0 Å². The molecule has 2 aromatic rings. The Morgan fingerprint density at radius 2 is 2.12 bits per heavy atom. The van der Waals surface area contributed by atoms with E-state index in [1.165, 1.54) is 0 Å². The number of nitrogens with zero attached hydrogens (tertiary/aromatic N) is 3. The van der Waals surface area contributed by atoms with Gasteiger partial charge in [0, 0.05) is 37.9 Å². The number of H-pyrrole nitrogens is 2. The summed E-state index contributed by atoms with van der Waals surface area (Å²) in [6.07, 6.45) is 1.79. The average molecular weight is 343 g/mol. The minimum atomic E-state index is -0.682. The molecule has 0 aliphatic carbocycles. The van der Waals surface area contributed by atoms with Crippen LogP contribution in [0.3, 0.4) is 0 Å². The van der Waals surface area contributed by atoms with Gasteiger partial charge in [0.2, 0.25) is 0 Å². The van der Waals surface area contributed by atoms with Gasteiger partial charge in [-0.2, -0.15) is 0 Å². The molecule has 2 aromatic heterocycles. The van der Waals surface area contributed by atoms with Gasteiger partial charge in [-0.25, -0.2) is 9.78 Å². The van der Waals surface area contributed by atoms with Gasteiger partial charge >= 0.3 is 5.69 Å². The lowest BCUT2D eigenvalue weighted by atomic mass is 10.0. The first-order valence-corrected chi connectivity index (χ1v) is 8.23. The van der Waals surface area contributed by atoms with E-state index in [-0.39, 0.29) is 17.6 Å². The molecule has 0 radical (unpaired) electrons. The van der Waals surface area contributed by atoms with Crippen LogP contribution in [0.4, 0.5) is 5.82 Å². The van der Waals surface area contributed by atoms with Crippen LogP contribution in [0.5, 0.6) is 0 Å². The highest BCUT2D eigenvalue weighted by Gasteiger charge is 2.28. The first-order valence-electron chi connectivity index (χ1n) is 8.23. The molecule has 0 aromatic carbocycles. The smallest absolute Gasteiger partial charge is 0.326 e. The number of hydrogen-bond donors (Lipinski definition) is 2. The fourth-order valence-corrected chi connectivity index (χ4v) is 3.12. The zero-order chi connectivity index (χ0) is 18.0. The van der Waals surface area contributed by atoms with Gasteiger partial charge < -0.3 is 14.8 Å². The molecule has 0 unspecified atom stereocenters. The third kappa shape index (κ3) is 3.78. The zero-order valence-corrected chi connectivity index (χ0v) is 14.3. The molecule has 1 saturated heterocycles. The Hall–Kier alpha value is -2.90. The van der Waals surface area contributed by atoms with Crippen LogP contribution in [-0.2, 0) is 0 Å². The summed E-state index contributed by atoms with van der Waals surface area (Å²) in [6, 6.07) is 6.97. The first-order chi connectivity index (χ1) is 11.9. The monoisotopic (exact) mass is 343 g/mol. The van der Waals surface area contributed by atoms with Crippen molar-refractivity contribution in [2.24, 2.45) is 0 Å². The maximum atomic E-state index is 12.6. The Bertz CT molecular complexity index is 860. The van der Waals surface area contributed by atoms with Gasteiger partial charge in [-0.3, -0.25) is 14.6 Å². The molecule has 3 heterocycles. The van der Waals surface area contributed by atoms with Crippen LogP contribution in [-0.4, -0.2) is 51.9 Å². The number of aromatic nitrogens is 3. The summed E-state index contributed by atoms with van der Waals surface area (Å²) in [4.78, 5) is 48.2. The molecule has 1 aliphatic heterocycles. The molecule has 1 amide bonds. The third-order valence-electron chi connectivity index (χ3n) is 4.45. The molecule has 3 rings (SSSR count). The molecule has 0 spiro atoms. The number of hydrogen-bond acceptors (Lipinski definition) is 5. The number of pyridine rings is 1. The van der Waals surface area contributed by atoms with E-state index in [9.17, 15) is 14.4 Å². The second-order valence-electron chi connectivity index (χ2n) is 6.30. The van der Waals surface area contributed by atoms with Crippen molar-refractivity contribution in [3.63, 3.8) is 0 Å². The minimum Gasteiger partial charge on any atom is -0.355 e. The molecule has 2 N–H and O–H groups in total. The van der Waals surface area contributed by atoms with Crippen molar-refractivity contribution in [3.05, 3.63) is 56.5 Å². The van der Waals surface area contributed by atoms with Crippen molar-refractivity contribution in [1.29, 1.82) is 0 Å². The molecular weight excluding hydrogens is 322 g/mol. The fraction of sp³-hybridized carbons (Fsp3) is 0.412. The van der Waals surface area contributed by atoms with Crippen molar-refractivity contribution in [1.82, 2.24) is 19.9 Å². The van der Waals surface area contributed by atoms with Gasteiger partial charge in [0.05, 0.1) is 0 Å². The van der Waals surface area contributed by atoms with Crippen LogP contribution in [0.2, 0.25) is 0 Å². The van der Waals surface area contributed by atoms with Crippen molar-refractivity contribution < 1.29 is 4.79 Å². The van der Waals surface area contributed by atoms with Crippen LogP contribution in [0.25, 0.3) is 0 Å². The number of aromatic amines is 2. The molecule has 8 heteroatoms. The molecule has 1 aliphatic rings. The van der Waals surface area contributed by atoms with E-state index < -0.39 is 11.2 Å². The Balaban J connectivity index is 1.77. The Kier molecular flexibility index (Phi) is 4.69. The lowest BCUT2D eigenvalue weighted by molar-refractivity contribution is 0.0710. The Morgan fingerprint density at radius 3 is 2.84 bits per heavy atom. The van der Waals surface area contributed by atoms with E-state index in [1.54, 1.807) is 11.9 Å². The lowest BCUT2D eigenvalue weighted by Crippen LogP contribution is -2.49. The fourth-order valence-electron chi connectivity index (χ4n) is 3.12. The third-order valence-corrected chi connectivity index (χ3v) is 4.45. The van der Waals surface area contributed by atoms with Gasteiger partial charge in [0.1, 0.15) is 11.5 Å². The lowest BCUT2D eigenvalue weighted by Gasteiger charge is -2.38. The number of likely N-dealkylation sites (N-methyl/N-ethyl adjacent to an activating group) is 1. The second kappa shape index (κ2) is 6.92. The summed E-state index contributed by atoms with van der Waals surface area (Å²) >= 11 is 0. The van der Waals surface area contributed by atoms with Crippen LogP contribution in [0, 0.1) is 6.92 Å². The summed E-state index contributed by atoms with van der Waals surface area (Å²) in [7, 11) is 1.69. The van der Waals surface area contributed by atoms with Gasteiger partial charge in [0.15, 0.2) is 0 Å². The van der Waals surface area contributed by atoms with Crippen molar-refractivity contribution in [2.75, 3.05) is 25.0 Å². The largest absolute Gasteiger partial charge is 0.355 e. The van der Waals surface area contributed by atoms with Crippen LogP contribution < -0.4 is 16.1 Å². The number of amides is 1. The highest BCUT2D eigenvalue weighted by atomic mass is 16.2. The molecule has 8 nitrogen and oxygen atoms in total. The molecular formula is C17H21N5O3. The van der Waals surface area contributed by atoms with Gasteiger partial charge in [-0.1, -0.05) is 6.07 Å². The standard InChI is InChI=1S/C17H21N5O3/c1-11-5-3-7-14(18-11)22-8-4-6-12(10-22)21(2)16(24)13-9-15(23)20-17(25)19-13/h3,5,7,9,12H,4,6,8,10H2,1-2H3,(H2,19,20,23,25)/t12-/m0/s1. The highest BCUT2D eigenvalue weighted by molar-refractivity contribution is 5.92. The van der Waals surface area contributed by atoms with E-state index in [2.05, 4.69) is 19.9 Å². The molecule has 1 atom stereocenters. The molecule has 1 fully saturated rings. The van der Waals surface area contributed by atoms with E-state index in [1.807, 2.05) is 25.1 Å². The SMILES string of the molecule is Cc1cccc(N2CCC[C@H](N(C)C(=O)c3cc(=O)[nH]c(=O)[nH]3)C2)n1. The number of nitrogens with one attached hydrogen (secondary N) is 2. The van der Waals surface area contributed by atoms with Gasteiger partial charge in [-0.15, -0.1) is 0 Å². The zero-order valence-electron chi connectivity index (χ0n) is 14.3. The van der Waals surface area contributed by atoms with Crippen LogP contribution >= 0.6 is 0 Å². The normalized spacial score (nSPS) is 17.4. The van der Waals surface area contributed by atoms with Crippen molar-refractivity contribution >= 4 is 11.7 Å². The van der Waals surface area contributed by atoms with E-state index >= 15 is 0 Å². The number of aryl methyl sites for hydroxylation is 1. The van der Waals surface area contributed by atoms with E-state index in [0.29, 0.717) is 6.54 Å². The number of carbonyl (C=O) groups excluding carboxylic acids is 1. The second-order valence-corrected chi connectivity index (χ2v) is 6.30. The average Bonchev–Trinajstić information content (AvgIpc) is 2.60. The number of piperidine rings is 1. The molecule has 132 valence electrons. The summed E-state index contributed by atoms with van der Waals surface area (Å²) in [5, 5.41) is 0. The van der Waals surface area contributed by atoms with Crippen molar-refractivity contribution in [2.45, 2.75) is 25.8 Å². The quantitative estimate of drug-likeness (QED) is 0.845. The van der Waals surface area contributed by atoms with E-state index in [4.69, 9.17) is 0 Å². The Labute approximate surface area is 144 Å². The first kappa shape index (κ1) is 16.9. The molecule has 25 heavy (non-hydrogen) atoms. The van der Waals surface area contributed by atoms with Gasteiger partial charge in [0.25, 0.3) is 11.5 Å². The Morgan fingerprint density at radius 1 is 1.32 bits per heavy atom. The maximum Gasteiger partial charge on any atom is 0.326 e. The number of anilines is 1. The molecule has 0 bridgehead atoms. The van der Waals surface area contributed by atoms with Crippen LogP contribution in [0.1, 0.15) is 29.0 Å². The topological polar surface area (TPSA) is 102 Å². The van der Waals surface area contributed by atoms with Crippen LogP contribution in [0.15, 0.2) is 33.9 Å². The van der Waals surface area contributed by atoms with Gasteiger partial charge in [-0.05, 0) is 31.9 Å². The highest BCUT2D eigenvalue weighted by Crippen LogP contribution is 2.21. The predicted octanol–water partition coefficient (Wildman–Crippen LogP) is 0.508. The summed E-state index contributed by atoms with van der Waals surface area (Å²) in [5.41, 5.74) is -0.319. The summed E-state index contributed by atoms with van der Waals surface area (Å²) in [5.74, 6) is 0.530. The maximum absolute atomic E-state index is 12.6.